The van der Waals surface area contributed by atoms with Crippen LogP contribution in [0.4, 0.5) is 13.2 Å². The highest BCUT2D eigenvalue weighted by Gasteiger charge is 2.36. The summed E-state index contributed by atoms with van der Waals surface area (Å²) in [6.07, 6.45) is -4.47. The molecule has 0 aliphatic carbocycles. The van der Waals surface area contributed by atoms with E-state index in [1.165, 1.54) is 0 Å². The van der Waals surface area contributed by atoms with Crippen molar-refractivity contribution in [1.82, 2.24) is 4.98 Å². The van der Waals surface area contributed by atoms with Crippen molar-refractivity contribution >= 4 is 19.7 Å². The van der Waals surface area contributed by atoms with E-state index < -0.39 is 37.4 Å². The van der Waals surface area contributed by atoms with Crippen molar-refractivity contribution in [3.8, 4) is 11.6 Å². The van der Waals surface area contributed by atoms with E-state index in [0.717, 1.165) is 13.3 Å². The average Bonchev–Trinajstić information content (AvgIpc) is 2.13. The molecular formula is C7H5ClF3NO5S. The van der Waals surface area contributed by atoms with Crippen molar-refractivity contribution in [3.63, 3.8) is 0 Å². The predicted molar refractivity (Wildman–Crippen MR) is 53.3 cm³/mol. The normalized spacial score (nSPS) is 12.3. The van der Waals surface area contributed by atoms with Crippen molar-refractivity contribution in [1.29, 1.82) is 0 Å². The summed E-state index contributed by atoms with van der Waals surface area (Å²) in [6, 6.07) is 0. The maximum atomic E-state index is 12.0. The molecule has 1 rings (SSSR count). The molecule has 18 heavy (non-hydrogen) atoms. The van der Waals surface area contributed by atoms with Crippen molar-refractivity contribution in [2.24, 2.45) is 0 Å². The van der Waals surface area contributed by atoms with E-state index in [-0.39, 0.29) is 0 Å². The van der Waals surface area contributed by atoms with Gasteiger partial charge in [-0.3, -0.25) is 4.79 Å². The quantitative estimate of drug-likeness (QED) is 0.848. The molecule has 1 heterocycles. The zero-order valence-corrected chi connectivity index (χ0v) is 10.1. The third kappa shape index (κ3) is 3.29. The molecule has 0 radical (unpaired) electrons. The number of ether oxygens (including phenoxy) is 2. The zero-order chi connectivity index (χ0) is 14.1. The smallest absolute Gasteiger partial charge is 0.491 e. The van der Waals surface area contributed by atoms with Crippen LogP contribution in [-0.4, -0.2) is 26.9 Å². The van der Waals surface area contributed by atoms with Gasteiger partial charge in [-0.15, -0.1) is 13.2 Å². The van der Waals surface area contributed by atoms with Crippen molar-refractivity contribution in [3.05, 3.63) is 16.4 Å². The van der Waals surface area contributed by atoms with Gasteiger partial charge in [0.15, 0.2) is 10.6 Å². The summed E-state index contributed by atoms with van der Waals surface area (Å²) in [5.41, 5.74) is -1.34. The maximum absolute atomic E-state index is 12.0. The zero-order valence-electron chi connectivity index (χ0n) is 8.54. The standard InChI is InChI=1S/C7H5ClF3NO5S/c1-16-3-2-12-6(17-7(9,10)11)5(4(3)13)18(8,14)15/h2H,1H3,(H,12,13). The molecular weight excluding hydrogens is 303 g/mol. The van der Waals surface area contributed by atoms with Gasteiger partial charge in [-0.2, -0.15) is 0 Å². The minimum Gasteiger partial charge on any atom is -0.491 e. The Morgan fingerprint density at radius 3 is 2.33 bits per heavy atom. The molecule has 0 saturated carbocycles. The second-order valence-corrected chi connectivity index (χ2v) is 5.33. The summed E-state index contributed by atoms with van der Waals surface area (Å²) in [6.45, 7) is 0. The van der Waals surface area contributed by atoms with Gasteiger partial charge >= 0.3 is 6.36 Å². The van der Waals surface area contributed by atoms with Crippen LogP contribution in [0.25, 0.3) is 0 Å². The largest absolute Gasteiger partial charge is 0.574 e. The minimum atomic E-state index is -5.19. The molecule has 0 amide bonds. The molecule has 0 aliphatic rings. The Morgan fingerprint density at radius 1 is 1.39 bits per heavy atom. The number of pyridine rings is 1. The Morgan fingerprint density at radius 2 is 1.94 bits per heavy atom. The number of hydrogen-bond acceptors (Lipinski definition) is 5. The summed E-state index contributed by atoms with van der Waals surface area (Å²) in [5.74, 6) is -1.85. The third-order valence-corrected chi connectivity index (χ3v) is 2.97. The van der Waals surface area contributed by atoms with Gasteiger partial charge in [-0.1, -0.05) is 0 Å². The van der Waals surface area contributed by atoms with Gasteiger partial charge < -0.3 is 14.5 Å². The van der Waals surface area contributed by atoms with Crippen LogP contribution in [0, 0.1) is 0 Å². The lowest BCUT2D eigenvalue weighted by molar-refractivity contribution is -0.277. The number of alkyl halides is 3. The summed E-state index contributed by atoms with van der Waals surface area (Å²) in [7, 11) is 1.16. The first-order valence-corrected chi connectivity index (χ1v) is 6.37. The number of hydrogen-bond donors (Lipinski definition) is 1. The van der Waals surface area contributed by atoms with Crippen LogP contribution in [0.15, 0.2) is 15.9 Å². The van der Waals surface area contributed by atoms with Crippen LogP contribution in [0.5, 0.6) is 11.6 Å². The van der Waals surface area contributed by atoms with E-state index in [4.69, 9.17) is 10.7 Å². The van der Waals surface area contributed by atoms with Crippen LogP contribution in [0.1, 0.15) is 0 Å². The molecule has 6 nitrogen and oxygen atoms in total. The molecule has 0 aromatic carbocycles. The van der Waals surface area contributed by atoms with Crippen LogP contribution in [0.3, 0.4) is 0 Å². The number of halogens is 4. The Balaban J connectivity index is 3.55. The number of methoxy groups -OCH3 is 1. The lowest BCUT2D eigenvalue weighted by Crippen LogP contribution is -2.23. The molecule has 0 saturated heterocycles. The van der Waals surface area contributed by atoms with Gasteiger partial charge in [0, 0.05) is 10.7 Å². The second kappa shape index (κ2) is 4.69. The molecule has 0 spiro atoms. The van der Waals surface area contributed by atoms with Crippen molar-refractivity contribution < 1.29 is 31.1 Å². The van der Waals surface area contributed by atoms with E-state index in [9.17, 15) is 26.4 Å². The fraction of sp³-hybridized carbons (Fsp3) is 0.286. The fourth-order valence-electron chi connectivity index (χ4n) is 1.04. The lowest BCUT2D eigenvalue weighted by atomic mass is 10.4. The lowest BCUT2D eigenvalue weighted by Gasteiger charge is -2.11. The van der Waals surface area contributed by atoms with Crippen LogP contribution >= 0.6 is 10.7 Å². The summed E-state index contributed by atoms with van der Waals surface area (Å²) in [4.78, 5) is 12.0. The van der Waals surface area contributed by atoms with Crippen molar-refractivity contribution in [2.45, 2.75) is 11.3 Å². The van der Waals surface area contributed by atoms with Gasteiger partial charge in [0.1, 0.15) is 0 Å². The van der Waals surface area contributed by atoms with E-state index >= 15 is 0 Å². The highest BCUT2D eigenvalue weighted by atomic mass is 35.7. The number of aromatic amines is 1. The first kappa shape index (κ1) is 14.6. The van der Waals surface area contributed by atoms with E-state index in [2.05, 4.69) is 9.47 Å². The molecule has 1 aromatic rings. The van der Waals surface area contributed by atoms with E-state index in [1.807, 2.05) is 4.98 Å². The summed E-state index contributed by atoms with van der Waals surface area (Å²) in [5, 5.41) is 0. The molecule has 0 atom stereocenters. The first-order chi connectivity index (χ1) is 8.06. The highest BCUT2D eigenvalue weighted by molar-refractivity contribution is 8.13. The molecule has 102 valence electrons. The minimum absolute atomic E-state index is 0.524. The molecule has 0 unspecified atom stereocenters. The van der Waals surface area contributed by atoms with Crippen LogP contribution < -0.4 is 14.9 Å². The molecule has 0 bridgehead atoms. The maximum Gasteiger partial charge on any atom is 0.574 e. The van der Waals surface area contributed by atoms with Crippen LogP contribution in [0.2, 0.25) is 0 Å². The number of aromatic nitrogens is 1. The first-order valence-electron chi connectivity index (χ1n) is 4.06. The van der Waals surface area contributed by atoms with Crippen LogP contribution in [-0.2, 0) is 9.05 Å². The Labute approximate surface area is 103 Å². The molecule has 1 N–H and O–H groups in total. The Kier molecular flexibility index (Phi) is 3.81. The summed E-state index contributed by atoms with van der Waals surface area (Å²) >= 11 is 0. The Hall–Kier alpha value is -1.42. The average molecular weight is 308 g/mol. The van der Waals surface area contributed by atoms with Gasteiger partial charge in [-0.05, 0) is 0 Å². The molecule has 11 heteroatoms. The van der Waals surface area contributed by atoms with E-state index in [1.54, 1.807) is 0 Å². The Bertz CT molecular complexity index is 608. The molecule has 1 aromatic heterocycles. The van der Waals surface area contributed by atoms with Crippen molar-refractivity contribution in [2.75, 3.05) is 7.11 Å². The number of rotatable bonds is 3. The third-order valence-electron chi connectivity index (χ3n) is 1.65. The summed E-state index contributed by atoms with van der Waals surface area (Å²) < 4.78 is 66.0. The molecule has 0 aliphatic heterocycles. The van der Waals surface area contributed by atoms with Gasteiger partial charge in [0.05, 0.1) is 13.3 Å². The SMILES string of the molecule is COc1c[nH]c(OC(F)(F)F)c(S(=O)(=O)Cl)c1=O. The number of nitrogens with one attached hydrogen (secondary N) is 1. The van der Waals surface area contributed by atoms with E-state index in [0.29, 0.717) is 0 Å². The number of H-pyrrole nitrogens is 1. The van der Waals surface area contributed by atoms with Gasteiger partial charge in [-0.25, -0.2) is 8.42 Å². The second-order valence-electron chi connectivity index (χ2n) is 2.83. The van der Waals surface area contributed by atoms with Gasteiger partial charge in [0.2, 0.25) is 11.3 Å². The topological polar surface area (TPSA) is 85.5 Å². The molecule has 0 fully saturated rings. The van der Waals surface area contributed by atoms with Gasteiger partial charge in [0.25, 0.3) is 9.05 Å². The highest BCUT2D eigenvalue weighted by Crippen LogP contribution is 2.28. The fourth-order valence-corrected chi connectivity index (χ4v) is 2.11. The monoisotopic (exact) mass is 307 g/mol. The predicted octanol–water partition coefficient (Wildman–Crippen LogP) is 1.21.